The highest BCUT2D eigenvalue weighted by atomic mass is 32.2. The summed E-state index contributed by atoms with van der Waals surface area (Å²) in [6, 6.07) is 7.10. The molecule has 0 bridgehead atoms. The lowest BCUT2D eigenvalue weighted by Gasteiger charge is -2.32. The van der Waals surface area contributed by atoms with Crippen LogP contribution in [0.2, 0.25) is 0 Å². The molecule has 2 N–H and O–H groups in total. The van der Waals surface area contributed by atoms with Crippen molar-refractivity contribution in [3.63, 3.8) is 0 Å². The second kappa shape index (κ2) is 12.4. The van der Waals surface area contributed by atoms with Crippen molar-refractivity contribution in [2.45, 2.75) is 68.5 Å². The van der Waals surface area contributed by atoms with Gasteiger partial charge >= 0.3 is 6.18 Å². The first kappa shape index (κ1) is 31.7. The summed E-state index contributed by atoms with van der Waals surface area (Å²) < 4.78 is 94.7. The molecule has 2 heterocycles. The van der Waals surface area contributed by atoms with Crippen LogP contribution in [0.1, 0.15) is 54.5 Å². The van der Waals surface area contributed by atoms with Gasteiger partial charge in [-0.25, -0.2) is 22.2 Å². The SMILES string of the molecule is C[C@H](NS(=O)(=O)c1ccc(-c2sc(C(=O)NCCN3CCCC(F)(F)C3)nc2CC2CCC2)c2ccccc12)C(F)(F)F. The minimum absolute atomic E-state index is 0.133. The van der Waals surface area contributed by atoms with Crippen molar-refractivity contribution in [3.8, 4) is 10.4 Å². The van der Waals surface area contributed by atoms with Gasteiger partial charge in [-0.05, 0) is 43.7 Å². The molecule has 2 aliphatic rings. The number of amides is 1. The Kier molecular flexibility index (Phi) is 9.13. The number of sulfonamides is 1. The number of rotatable bonds is 10. The molecule has 1 aromatic heterocycles. The van der Waals surface area contributed by atoms with Crippen molar-refractivity contribution in [2.24, 2.45) is 5.92 Å². The second-order valence-corrected chi connectivity index (χ2v) is 14.0. The summed E-state index contributed by atoms with van der Waals surface area (Å²) in [4.78, 5) is 19.8. The molecule has 0 spiro atoms. The molecule has 5 rings (SSSR count). The van der Waals surface area contributed by atoms with E-state index in [2.05, 4.69) is 10.3 Å². The van der Waals surface area contributed by atoms with E-state index < -0.39 is 34.1 Å². The summed E-state index contributed by atoms with van der Waals surface area (Å²) in [6.07, 6.45) is -0.705. The van der Waals surface area contributed by atoms with Crippen LogP contribution in [-0.2, 0) is 16.4 Å². The predicted molar refractivity (Wildman–Crippen MR) is 155 cm³/mol. The molecule has 3 aromatic rings. The van der Waals surface area contributed by atoms with Gasteiger partial charge in [0.05, 0.1) is 22.0 Å². The Hall–Kier alpha value is -2.68. The smallest absolute Gasteiger partial charge is 0.349 e. The van der Waals surface area contributed by atoms with Crippen LogP contribution in [0.3, 0.4) is 0 Å². The molecular formula is C29H33F5N4O3S2. The number of thiazole rings is 1. The number of hydrogen-bond acceptors (Lipinski definition) is 6. The van der Waals surface area contributed by atoms with Gasteiger partial charge in [-0.2, -0.15) is 17.9 Å². The van der Waals surface area contributed by atoms with Gasteiger partial charge in [-0.3, -0.25) is 9.69 Å². The maximum Gasteiger partial charge on any atom is 0.404 e. The molecule has 2 fully saturated rings. The van der Waals surface area contributed by atoms with E-state index in [1.54, 1.807) is 33.9 Å². The van der Waals surface area contributed by atoms with Crippen molar-refractivity contribution >= 4 is 38.0 Å². The summed E-state index contributed by atoms with van der Waals surface area (Å²) in [5.74, 6) is -2.76. The first-order chi connectivity index (χ1) is 20.2. The number of hydrogen-bond donors (Lipinski definition) is 2. The number of piperidine rings is 1. The molecule has 1 saturated carbocycles. The minimum atomic E-state index is -4.75. The molecule has 14 heteroatoms. The van der Waals surface area contributed by atoms with Gasteiger partial charge in [0.15, 0.2) is 5.01 Å². The van der Waals surface area contributed by atoms with Crippen molar-refractivity contribution in [2.75, 3.05) is 26.2 Å². The first-order valence-electron chi connectivity index (χ1n) is 14.2. The van der Waals surface area contributed by atoms with Crippen molar-refractivity contribution in [3.05, 3.63) is 47.1 Å². The first-order valence-corrected chi connectivity index (χ1v) is 16.5. The number of aromatic nitrogens is 1. The van der Waals surface area contributed by atoms with Gasteiger partial charge in [0.2, 0.25) is 10.0 Å². The van der Waals surface area contributed by atoms with E-state index in [1.807, 2.05) is 0 Å². The molecule has 0 unspecified atom stereocenters. The van der Waals surface area contributed by atoms with Gasteiger partial charge in [0, 0.05) is 30.5 Å². The fraction of sp³-hybridized carbons (Fsp3) is 0.517. The van der Waals surface area contributed by atoms with Crippen molar-refractivity contribution in [1.82, 2.24) is 19.9 Å². The number of nitrogens with one attached hydrogen (secondary N) is 2. The highest BCUT2D eigenvalue weighted by Crippen LogP contribution is 2.40. The molecule has 2 aromatic carbocycles. The van der Waals surface area contributed by atoms with Gasteiger partial charge in [0.1, 0.15) is 6.04 Å². The fourth-order valence-electron chi connectivity index (χ4n) is 5.48. The zero-order valence-electron chi connectivity index (χ0n) is 23.5. The van der Waals surface area contributed by atoms with Gasteiger partial charge in [-0.15, -0.1) is 11.3 Å². The topological polar surface area (TPSA) is 91.4 Å². The lowest BCUT2D eigenvalue weighted by molar-refractivity contribution is -0.147. The van der Waals surface area contributed by atoms with E-state index in [4.69, 9.17) is 0 Å². The number of carbonyl (C=O) groups excluding carboxylic acids is 1. The highest BCUT2D eigenvalue weighted by molar-refractivity contribution is 7.89. The third-order valence-electron chi connectivity index (χ3n) is 8.02. The van der Waals surface area contributed by atoms with Crippen LogP contribution in [0.5, 0.6) is 0 Å². The zero-order valence-corrected chi connectivity index (χ0v) is 25.1. The van der Waals surface area contributed by atoms with Crippen LogP contribution in [0.4, 0.5) is 22.0 Å². The van der Waals surface area contributed by atoms with Crippen molar-refractivity contribution in [1.29, 1.82) is 0 Å². The molecule has 234 valence electrons. The van der Waals surface area contributed by atoms with E-state index in [9.17, 15) is 35.2 Å². The van der Waals surface area contributed by atoms with Crippen molar-refractivity contribution < 1.29 is 35.2 Å². The molecule has 1 aliphatic carbocycles. The van der Waals surface area contributed by atoms with Crippen LogP contribution in [0.15, 0.2) is 41.3 Å². The average molecular weight is 645 g/mol. The Bertz CT molecular complexity index is 1590. The molecule has 1 saturated heterocycles. The zero-order chi connectivity index (χ0) is 31.0. The molecule has 0 radical (unpaired) electrons. The Labute approximate surface area is 250 Å². The fourth-order valence-corrected chi connectivity index (χ4v) is 7.96. The number of carbonyl (C=O) groups is 1. The Morgan fingerprint density at radius 2 is 1.86 bits per heavy atom. The maximum atomic E-state index is 13.7. The molecule has 7 nitrogen and oxygen atoms in total. The van der Waals surface area contributed by atoms with Crippen LogP contribution < -0.4 is 10.0 Å². The molecule has 1 atom stereocenters. The third-order valence-corrected chi connectivity index (χ3v) is 10.8. The minimum Gasteiger partial charge on any atom is -0.349 e. The largest absolute Gasteiger partial charge is 0.404 e. The standard InChI is InChI=1S/C29H33F5N4O3S2/c1-18(29(32,33)34)37-43(40,41)24-11-10-22(20-8-2-3-9-21(20)24)25-23(16-19-6-4-7-19)36-27(42-25)26(39)35-13-15-38-14-5-12-28(30,31)17-38/h2-3,8-11,18-19,37H,4-7,12-17H2,1H3,(H,35,39)/t18-/m0/s1. The summed E-state index contributed by atoms with van der Waals surface area (Å²) in [6.45, 7) is 1.42. The number of nitrogens with zero attached hydrogens (tertiary/aromatic N) is 2. The number of benzene rings is 2. The molecule has 1 amide bonds. The quantitative estimate of drug-likeness (QED) is 0.265. The Balaban J connectivity index is 1.43. The van der Waals surface area contributed by atoms with Gasteiger partial charge in [-0.1, -0.05) is 49.6 Å². The van der Waals surface area contributed by atoms with E-state index in [0.717, 1.165) is 37.5 Å². The molecule has 43 heavy (non-hydrogen) atoms. The monoisotopic (exact) mass is 644 g/mol. The summed E-state index contributed by atoms with van der Waals surface area (Å²) in [7, 11) is -4.52. The second-order valence-electron chi connectivity index (χ2n) is 11.3. The third kappa shape index (κ3) is 7.35. The van der Waals surface area contributed by atoms with E-state index in [-0.39, 0.29) is 41.3 Å². The number of alkyl halides is 5. The van der Waals surface area contributed by atoms with E-state index >= 15 is 0 Å². The van der Waals surface area contributed by atoms with E-state index in [1.165, 1.54) is 12.1 Å². The van der Waals surface area contributed by atoms with Crippen LogP contribution in [0.25, 0.3) is 21.2 Å². The summed E-state index contributed by atoms with van der Waals surface area (Å²) >= 11 is 1.15. The van der Waals surface area contributed by atoms with Crippen LogP contribution in [-0.4, -0.2) is 68.5 Å². The number of fused-ring (bicyclic) bond motifs is 1. The lowest BCUT2D eigenvalue weighted by atomic mass is 9.81. The highest BCUT2D eigenvalue weighted by Gasteiger charge is 2.39. The van der Waals surface area contributed by atoms with Gasteiger partial charge in [0.25, 0.3) is 11.8 Å². The number of halogens is 5. The Morgan fingerprint density at radius 1 is 1.14 bits per heavy atom. The van der Waals surface area contributed by atoms with Gasteiger partial charge < -0.3 is 5.32 Å². The number of likely N-dealkylation sites (tertiary alicyclic amines) is 1. The predicted octanol–water partition coefficient (Wildman–Crippen LogP) is 6.00. The maximum absolute atomic E-state index is 13.7. The summed E-state index contributed by atoms with van der Waals surface area (Å²) in [5, 5.41) is 3.74. The lowest BCUT2D eigenvalue weighted by Crippen LogP contribution is -2.45. The van der Waals surface area contributed by atoms with Crippen LogP contribution >= 0.6 is 11.3 Å². The van der Waals surface area contributed by atoms with E-state index in [0.29, 0.717) is 46.8 Å². The summed E-state index contributed by atoms with van der Waals surface area (Å²) in [5.41, 5.74) is 1.32. The normalized spacial score (nSPS) is 18.8. The molecule has 1 aliphatic heterocycles. The average Bonchev–Trinajstić information content (AvgIpc) is 3.32. The molecular weight excluding hydrogens is 611 g/mol. The van der Waals surface area contributed by atoms with Crippen LogP contribution in [0, 0.1) is 5.92 Å². The Morgan fingerprint density at radius 3 is 2.51 bits per heavy atom.